The van der Waals surface area contributed by atoms with Gasteiger partial charge >= 0.3 is 0 Å². The van der Waals surface area contributed by atoms with Crippen LogP contribution in [0.25, 0.3) is 16.5 Å². The van der Waals surface area contributed by atoms with Crippen LogP contribution >= 0.6 is 11.6 Å². The third-order valence-corrected chi connectivity index (χ3v) is 6.23. The number of carbonyl (C=O) groups excluding carboxylic acids is 2. The number of nitrogens with zero attached hydrogens (tertiary/aromatic N) is 2. The van der Waals surface area contributed by atoms with E-state index < -0.39 is 0 Å². The number of imide groups is 1. The Labute approximate surface area is 179 Å². The van der Waals surface area contributed by atoms with Crippen LogP contribution in [0.1, 0.15) is 24.0 Å². The summed E-state index contributed by atoms with van der Waals surface area (Å²) in [5.41, 5.74) is 3.95. The van der Waals surface area contributed by atoms with Crippen LogP contribution in [-0.4, -0.2) is 46.2 Å². The predicted octanol–water partition coefficient (Wildman–Crippen LogP) is 4.24. The molecular weight excluding hydrogens is 398 g/mol. The first-order valence-corrected chi connectivity index (χ1v) is 10.7. The van der Waals surface area contributed by atoms with Crippen molar-refractivity contribution >= 4 is 39.9 Å². The van der Waals surface area contributed by atoms with Crippen molar-refractivity contribution in [1.29, 1.82) is 0 Å². The minimum absolute atomic E-state index is 0.188. The van der Waals surface area contributed by atoms with Crippen molar-refractivity contribution in [2.24, 2.45) is 0 Å². The third kappa shape index (κ3) is 3.19. The normalized spacial score (nSPS) is 17.1. The summed E-state index contributed by atoms with van der Waals surface area (Å²) >= 11 is 6.04. The average Bonchev–Trinajstić information content (AvgIpc) is 3.47. The molecule has 0 aliphatic carbocycles. The summed E-state index contributed by atoms with van der Waals surface area (Å²) in [6.07, 6.45) is 4.65. The Morgan fingerprint density at radius 3 is 2.43 bits per heavy atom. The molecule has 5 rings (SSSR count). The number of aromatic amines is 1. The van der Waals surface area contributed by atoms with Gasteiger partial charge in [-0.1, -0.05) is 41.9 Å². The fraction of sp³-hybridized carbons (Fsp3) is 0.250. The minimum Gasteiger partial charge on any atom is -0.366 e. The number of para-hydroxylation sites is 1. The molecular formula is C24H22ClN3O2. The summed E-state index contributed by atoms with van der Waals surface area (Å²) in [7, 11) is 0. The highest BCUT2D eigenvalue weighted by Gasteiger charge is 2.41. The van der Waals surface area contributed by atoms with Gasteiger partial charge in [0.25, 0.3) is 11.8 Å². The molecule has 5 nitrogen and oxygen atoms in total. The van der Waals surface area contributed by atoms with Gasteiger partial charge in [-0.15, -0.1) is 0 Å². The van der Waals surface area contributed by atoms with Crippen molar-refractivity contribution in [3.05, 3.63) is 76.6 Å². The summed E-state index contributed by atoms with van der Waals surface area (Å²) in [6, 6.07) is 15.2. The van der Waals surface area contributed by atoms with Crippen LogP contribution in [0.2, 0.25) is 5.02 Å². The summed E-state index contributed by atoms with van der Waals surface area (Å²) < 4.78 is 0. The molecule has 0 bridgehead atoms. The monoisotopic (exact) mass is 419 g/mol. The van der Waals surface area contributed by atoms with Gasteiger partial charge in [-0.2, -0.15) is 0 Å². The Bertz CT molecular complexity index is 1160. The first-order chi connectivity index (χ1) is 14.6. The van der Waals surface area contributed by atoms with Crippen molar-refractivity contribution in [1.82, 2.24) is 14.8 Å². The lowest BCUT2D eigenvalue weighted by atomic mass is 10.0. The number of hydrogen-bond donors (Lipinski definition) is 1. The first kappa shape index (κ1) is 18.9. The van der Waals surface area contributed by atoms with Crippen molar-refractivity contribution in [3.8, 4) is 0 Å². The Morgan fingerprint density at radius 2 is 1.67 bits per heavy atom. The average molecular weight is 420 g/mol. The van der Waals surface area contributed by atoms with Crippen LogP contribution < -0.4 is 0 Å². The molecule has 1 fully saturated rings. The van der Waals surface area contributed by atoms with Crippen LogP contribution in [0.4, 0.5) is 0 Å². The van der Waals surface area contributed by atoms with Gasteiger partial charge in [0, 0.05) is 41.8 Å². The van der Waals surface area contributed by atoms with Crippen molar-refractivity contribution in [2.45, 2.75) is 19.3 Å². The molecule has 3 heterocycles. The second kappa shape index (κ2) is 7.65. The fourth-order valence-electron chi connectivity index (χ4n) is 4.45. The molecule has 0 radical (unpaired) electrons. The van der Waals surface area contributed by atoms with Gasteiger partial charge in [0.1, 0.15) is 5.70 Å². The molecule has 0 atom stereocenters. The summed E-state index contributed by atoms with van der Waals surface area (Å²) in [5.74, 6) is -0.407. The Hall–Kier alpha value is -3.05. The van der Waals surface area contributed by atoms with Gasteiger partial charge in [0.2, 0.25) is 0 Å². The fourth-order valence-corrected chi connectivity index (χ4v) is 4.57. The Balaban J connectivity index is 1.45. The molecule has 30 heavy (non-hydrogen) atoms. The predicted molar refractivity (Wildman–Crippen MR) is 118 cm³/mol. The number of halogens is 1. The van der Waals surface area contributed by atoms with E-state index in [4.69, 9.17) is 11.6 Å². The standard InChI is InChI=1S/C24H22ClN3O2/c25-18-9-7-16(8-10-18)21-22(27-12-3-4-13-27)24(30)28(23(21)29)14-11-17-15-26-20-6-2-1-5-19(17)20/h1-2,5-10,15,26H,3-4,11-14H2. The number of nitrogens with one attached hydrogen (secondary N) is 1. The number of hydrogen-bond acceptors (Lipinski definition) is 3. The lowest BCUT2D eigenvalue weighted by Gasteiger charge is -2.20. The zero-order valence-corrected chi connectivity index (χ0v) is 17.3. The van der Waals surface area contributed by atoms with Crippen molar-refractivity contribution < 1.29 is 9.59 Å². The zero-order valence-electron chi connectivity index (χ0n) is 16.5. The number of fused-ring (bicyclic) bond motifs is 1. The largest absolute Gasteiger partial charge is 0.366 e. The highest BCUT2D eigenvalue weighted by molar-refractivity contribution is 6.36. The maximum Gasteiger partial charge on any atom is 0.277 e. The highest BCUT2D eigenvalue weighted by atomic mass is 35.5. The summed E-state index contributed by atoms with van der Waals surface area (Å²) in [5, 5.41) is 1.73. The maximum absolute atomic E-state index is 13.4. The molecule has 6 heteroatoms. The Morgan fingerprint density at radius 1 is 0.933 bits per heavy atom. The quantitative estimate of drug-likeness (QED) is 0.629. The number of likely N-dealkylation sites (tertiary alicyclic amines) is 1. The zero-order chi connectivity index (χ0) is 20.7. The smallest absolute Gasteiger partial charge is 0.277 e. The molecule has 3 aromatic rings. The van der Waals surface area contributed by atoms with Crippen LogP contribution in [0, 0.1) is 0 Å². The Kier molecular flexibility index (Phi) is 4.83. The lowest BCUT2D eigenvalue weighted by Crippen LogP contribution is -2.36. The van der Waals surface area contributed by atoms with E-state index in [9.17, 15) is 9.59 Å². The minimum atomic E-state index is -0.218. The number of amides is 2. The van der Waals surface area contributed by atoms with Gasteiger partial charge in [-0.3, -0.25) is 14.5 Å². The van der Waals surface area contributed by atoms with E-state index in [0.29, 0.717) is 29.3 Å². The second-order valence-corrected chi connectivity index (χ2v) is 8.23. The van der Waals surface area contributed by atoms with Gasteiger partial charge < -0.3 is 9.88 Å². The van der Waals surface area contributed by atoms with E-state index in [1.807, 2.05) is 36.5 Å². The second-order valence-electron chi connectivity index (χ2n) is 7.80. The molecule has 1 saturated heterocycles. The van der Waals surface area contributed by atoms with Crippen LogP contribution in [-0.2, 0) is 16.0 Å². The van der Waals surface area contributed by atoms with Crippen LogP contribution in [0.5, 0.6) is 0 Å². The maximum atomic E-state index is 13.4. The SMILES string of the molecule is O=C1C(c2ccc(Cl)cc2)=C(N2CCCC2)C(=O)N1CCc1c[nH]c2ccccc12. The van der Waals surface area contributed by atoms with E-state index >= 15 is 0 Å². The molecule has 2 aromatic carbocycles. The molecule has 152 valence electrons. The number of rotatable bonds is 5. The van der Waals surface area contributed by atoms with Gasteiger partial charge in [0.05, 0.1) is 5.57 Å². The van der Waals surface area contributed by atoms with Crippen molar-refractivity contribution in [3.63, 3.8) is 0 Å². The molecule has 1 N–H and O–H groups in total. The third-order valence-electron chi connectivity index (χ3n) is 5.98. The number of H-pyrrole nitrogens is 1. The first-order valence-electron chi connectivity index (χ1n) is 10.3. The molecule has 0 unspecified atom stereocenters. The summed E-state index contributed by atoms with van der Waals surface area (Å²) in [6.45, 7) is 1.97. The van der Waals surface area contributed by atoms with E-state index in [0.717, 1.165) is 48.0 Å². The number of aromatic nitrogens is 1. The van der Waals surface area contributed by atoms with Crippen LogP contribution in [0.15, 0.2) is 60.4 Å². The van der Waals surface area contributed by atoms with E-state index in [2.05, 4.69) is 16.0 Å². The molecule has 0 saturated carbocycles. The molecule has 1 aromatic heterocycles. The summed E-state index contributed by atoms with van der Waals surface area (Å²) in [4.78, 5) is 33.4. The highest BCUT2D eigenvalue weighted by Crippen LogP contribution is 2.34. The molecule has 2 amide bonds. The van der Waals surface area contributed by atoms with Gasteiger partial charge in [0.15, 0.2) is 0 Å². The topological polar surface area (TPSA) is 56.4 Å². The van der Waals surface area contributed by atoms with E-state index in [1.54, 1.807) is 12.1 Å². The molecule has 2 aliphatic rings. The van der Waals surface area contributed by atoms with Gasteiger partial charge in [-0.05, 0) is 48.6 Å². The van der Waals surface area contributed by atoms with E-state index in [1.165, 1.54) is 4.90 Å². The van der Waals surface area contributed by atoms with Gasteiger partial charge in [-0.25, -0.2) is 0 Å². The lowest BCUT2D eigenvalue weighted by molar-refractivity contribution is -0.137. The molecule has 2 aliphatic heterocycles. The molecule has 0 spiro atoms. The van der Waals surface area contributed by atoms with Crippen LogP contribution in [0.3, 0.4) is 0 Å². The number of benzene rings is 2. The van der Waals surface area contributed by atoms with Crippen molar-refractivity contribution in [2.75, 3.05) is 19.6 Å². The number of carbonyl (C=O) groups is 2. The van der Waals surface area contributed by atoms with E-state index in [-0.39, 0.29) is 11.8 Å².